The topological polar surface area (TPSA) is 35.8 Å². The minimum absolute atomic E-state index is 0.149. The van der Waals surface area contributed by atoms with E-state index in [1.165, 1.54) is 32.1 Å². The van der Waals surface area contributed by atoms with Gasteiger partial charge in [0.05, 0.1) is 6.07 Å². The first-order chi connectivity index (χ1) is 7.78. The molecular formula is C14H22N2. The van der Waals surface area contributed by atoms with Gasteiger partial charge in [0, 0.05) is 0 Å². The van der Waals surface area contributed by atoms with Gasteiger partial charge in [-0.1, -0.05) is 6.92 Å². The van der Waals surface area contributed by atoms with Crippen LogP contribution in [-0.2, 0) is 0 Å². The monoisotopic (exact) mass is 218 g/mol. The molecule has 4 aliphatic rings. The molecule has 4 aliphatic carbocycles. The van der Waals surface area contributed by atoms with Crippen molar-refractivity contribution in [1.82, 2.24) is 5.32 Å². The lowest BCUT2D eigenvalue weighted by Crippen LogP contribution is -2.64. The standard InChI is InChI=1S/C14H22N2/c1-2-3-16-14(9-15)12-5-10-4-11(7-12)8-13(14)6-10/h10-13,16H,2-8H2,1H3. The van der Waals surface area contributed by atoms with Crippen LogP contribution in [0.2, 0.25) is 0 Å². The van der Waals surface area contributed by atoms with Crippen molar-refractivity contribution in [2.24, 2.45) is 23.7 Å². The number of rotatable bonds is 3. The maximum atomic E-state index is 9.66. The average Bonchev–Trinajstić information content (AvgIpc) is 2.28. The zero-order valence-electron chi connectivity index (χ0n) is 10.2. The fraction of sp³-hybridized carbons (Fsp3) is 0.929. The van der Waals surface area contributed by atoms with Crippen LogP contribution >= 0.6 is 0 Å². The first-order valence-electron chi connectivity index (χ1n) is 6.94. The molecule has 4 fully saturated rings. The van der Waals surface area contributed by atoms with Gasteiger partial charge in [0.15, 0.2) is 0 Å². The molecule has 2 heteroatoms. The van der Waals surface area contributed by atoms with Crippen LogP contribution in [0.1, 0.15) is 45.4 Å². The molecule has 0 aromatic heterocycles. The molecule has 0 radical (unpaired) electrons. The molecule has 0 unspecified atom stereocenters. The molecule has 1 N–H and O–H groups in total. The van der Waals surface area contributed by atoms with E-state index in [4.69, 9.17) is 0 Å². The molecule has 4 bridgehead atoms. The van der Waals surface area contributed by atoms with Gasteiger partial charge in [-0.2, -0.15) is 5.26 Å². The van der Waals surface area contributed by atoms with E-state index in [0.717, 1.165) is 24.8 Å². The van der Waals surface area contributed by atoms with Crippen LogP contribution < -0.4 is 5.32 Å². The zero-order chi connectivity index (χ0) is 11.2. The van der Waals surface area contributed by atoms with Crippen LogP contribution in [0.4, 0.5) is 0 Å². The van der Waals surface area contributed by atoms with Gasteiger partial charge in [-0.15, -0.1) is 0 Å². The van der Waals surface area contributed by atoms with Gasteiger partial charge in [0.1, 0.15) is 5.54 Å². The van der Waals surface area contributed by atoms with Gasteiger partial charge in [0.25, 0.3) is 0 Å². The van der Waals surface area contributed by atoms with E-state index in [2.05, 4.69) is 18.3 Å². The van der Waals surface area contributed by atoms with Crippen molar-refractivity contribution in [3.05, 3.63) is 0 Å². The van der Waals surface area contributed by atoms with E-state index in [-0.39, 0.29) is 5.54 Å². The molecule has 4 saturated carbocycles. The number of hydrogen-bond acceptors (Lipinski definition) is 2. The van der Waals surface area contributed by atoms with E-state index < -0.39 is 0 Å². The van der Waals surface area contributed by atoms with Gasteiger partial charge in [-0.25, -0.2) is 0 Å². The van der Waals surface area contributed by atoms with Crippen LogP contribution in [0.5, 0.6) is 0 Å². The summed E-state index contributed by atoms with van der Waals surface area (Å²) < 4.78 is 0. The Morgan fingerprint density at radius 2 is 1.69 bits per heavy atom. The summed E-state index contributed by atoms with van der Waals surface area (Å²) >= 11 is 0. The fourth-order valence-corrected chi connectivity index (χ4v) is 4.77. The van der Waals surface area contributed by atoms with Crippen molar-refractivity contribution in [3.8, 4) is 6.07 Å². The summed E-state index contributed by atoms with van der Waals surface area (Å²) in [6.45, 7) is 3.20. The van der Waals surface area contributed by atoms with Crippen LogP contribution in [-0.4, -0.2) is 12.1 Å². The maximum Gasteiger partial charge on any atom is 0.112 e. The summed E-state index contributed by atoms with van der Waals surface area (Å²) in [5.74, 6) is 3.21. The molecule has 16 heavy (non-hydrogen) atoms. The Morgan fingerprint density at radius 3 is 2.12 bits per heavy atom. The Labute approximate surface area is 98.4 Å². The lowest BCUT2D eigenvalue weighted by atomic mass is 9.49. The summed E-state index contributed by atoms with van der Waals surface area (Å²) in [7, 11) is 0. The van der Waals surface area contributed by atoms with E-state index in [0.29, 0.717) is 11.8 Å². The van der Waals surface area contributed by atoms with Gasteiger partial charge >= 0.3 is 0 Å². The minimum atomic E-state index is -0.149. The lowest BCUT2D eigenvalue weighted by Gasteiger charge is -2.58. The van der Waals surface area contributed by atoms with Crippen molar-refractivity contribution in [1.29, 1.82) is 5.26 Å². The summed E-state index contributed by atoms with van der Waals surface area (Å²) in [6, 6.07) is 2.68. The lowest BCUT2D eigenvalue weighted by molar-refractivity contribution is -0.0463. The smallest absolute Gasteiger partial charge is 0.112 e. The van der Waals surface area contributed by atoms with E-state index >= 15 is 0 Å². The molecule has 0 spiro atoms. The van der Waals surface area contributed by atoms with Crippen LogP contribution in [0.25, 0.3) is 0 Å². The molecule has 0 saturated heterocycles. The Morgan fingerprint density at radius 1 is 1.12 bits per heavy atom. The van der Waals surface area contributed by atoms with Gasteiger partial charge < -0.3 is 0 Å². The van der Waals surface area contributed by atoms with E-state index in [1.807, 2.05) is 0 Å². The largest absolute Gasteiger partial charge is 0.299 e. The number of nitriles is 1. The van der Waals surface area contributed by atoms with Crippen molar-refractivity contribution >= 4 is 0 Å². The fourth-order valence-electron chi connectivity index (χ4n) is 4.77. The molecule has 0 heterocycles. The third kappa shape index (κ3) is 1.34. The number of nitrogens with zero attached hydrogens (tertiary/aromatic N) is 1. The SMILES string of the molecule is CCCNC1(C#N)C2CC3CC(C2)CC1C3. The third-order valence-corrected chi connectivity index (χ3v) is 5.28. The summed E-state index contributed by atoms with van der Waals surface area (Å²) in [4.78, 5) is 0. The Balaban J connectivity index is 1.86. The second kappa shape index (κ2) is 3.74. The van der Waals surface area contributed by atoms with Gasteiger partial charge in [-0.05, 0) is 68.7 Å². The second-order valence-corrected chi connectivity index (χ2v) is 6.21. The first-order valence-corrected chi connectivity index (χ1v) is 6.94. The molecule has 0 aromatic rings. The highest BCUT2D eigenvalue weighted by Crippen LogP contribution is 2.58. The van der Waals surface area contributed by atoms with Crippen molar-refractivity contribution in [2.45, 2.75) is 51.0 Å². The Bertz CT molecular complexity index is 287. The van der Waals surface area contributed by atoms with Crippen LogP contribution in [0, 0.1) is 35.0 Å². The van der Waals surface area contributed by atoms with Crippen molar-refractivity contribution in [3.63, 3.8) is 0 Å². The maximum absolute atomic E-state index is 9.66. The summed E-state index contributed by atoms with van der Waals surface area (Å²) in [5.41, 5.74) is -0.149. The minimum Gasteiger partial charge on any atom is -0.299 e. The normalized spacial score (nSPS) is 49.2. The van der Waals surface area contributed by atoms with Gasteiger partial charge in [0.2, 0.25) is 0 Å². The highest BCUT2D eigenvalue weighted by atomic mass is 15.0. The molecule has 4 rings (SSSR count). The summed E-state index contributed by atoms with van der Waals surface area (Å²) in [6.07, 6.45) is 7.86. The summed E-state index contributed by atoms with van der Waals surface area (Å²) in [5, 5.41) is 13.3. The van der Waals surface area contributed by atoms with E-state index in [9.17, 15) is 5.26 Å². The molecule has 88 valence electrons. The van der Waals surface area contributed by atoms with Gasteiger partial charge in [-0.3, -0.25) is 5.32 Å². The molecule has 0 amide bonds. The average molecular weight is 218 g/mol. The number of nitrogens with one attached hydrogen (secondary N) is 1. The van der Waals surface area contributed by atoms with E-state index in [1.54, 1.807) is 0 Å². The molecule has 0 aliphatic heterocycles. The molecule has 0 atom stereocenters. The molecule has 2 nitrogen and oxygen atoms in total. The quantitative estimate of drug-likeness (QED) is 0.790. The highest BCUT2D eigenvalue weighted by molar-refractivity contribution is 5.21. The molecule has 0 aromatic carbocycles. The third-order valence-electron chi connectivity index (χ3n) is 5.28. The predicted octanol–water partition coefficient (Wildman–Crippen LogP) is 2.70. The number of hydrogen-bond donors (Lipinski definition) is 1. The Hall–Kier alpha value is -0.550. The van der Waals surface area contributed by atoms with Crippen molar-refractivity contribution < 1.29 is 0 Å². The Kier molecular flexibility index (Phi) is 2.47. The van der Waals surface area contributed by atoms with Crippen LogP contribution in [0.3, 0.4) is 0 Å². The first kappa shape index (κ1) is 10.6. The predicted molar refractivity (Wildman–Crippen MR) is 63.7 cm³/mol. The zero-order valence-corrected chi connectivity index (χ0v) is 10.2. The second-order valence-electron chi connectivity index (χ2n) is 6.21. The molecular weight excluding hydrogens is 196 g/mol. The van der Waals surface area contributed by atoms with Crippen molar-refractivity contribution in [2.75, 3.05) is 6.54 Å². The van der Waals surface area contributed by atoms with Crippen LogP contribution in [0.15, 0.2) is 0 Å². The highest BCUT2D eigenvalue weighted by Gasteiger charge is 2.57.